The van der Waals surface area contributed by atoms with Gasteiger partial charge in [0.05, 0.1) is 11.9 Å². The highest BCUT2D eigenvalue weighted by Gasteiger charge is 2.29. The smallest absolute Gasteiger partial charge is 0.410 e. The van der Waals surface area contributed by atoms with Gasteiger partial charge in [-0.3, -0.25) is 14.5 Å². The van der Waals surface area contributed by atoms with E-state index in [2.05, 4.69) is 10.4 Å². The van der Waals surface area contributed by atoms with Crippen molar-refractivity contribution in [3.8, 4) is 0 Å². The molecular formula is C22H37N7O3. The molecule has 32 heavy (non-hydrogen) atoms. The molecule has 1 aromatic rings. The second kappa shape index (κ2) is 10.2. The van der Waals surface area contributed by atoms with Gasteiger partial charge in [0.25, 0.3) is 0 Å². The number of carbonyl (C=O) groups excluding carboxylic acids is 2. The predicted molar refractivity (Wildman–Crippen MR) is 124 cm³/mol. The Morgan fingerprint density at radius 3 is 2.69 bits per heavy atom. The molecule has 3 rings (SSSR count). The lowest BCUT2D eigenvalue weighted by molar-refractivity contribution is -0.120. The Hall–Kier alpha value is -2.78. The number of piperazine rings is 1. The zero-order valence-corrected chi connectivity index (χ0v) is 20.0. The number of carbonyl (C=O) groups is 2. The number of hydrogen-bond acceptors (Lipinski definition) is 5. The molecule has 1 N–H and O–H groups in total. The first-order chi connectivity index (χ1) is 15.2. The van der Waals surface area contributed by atoms with Crippen molar-refractivity contribution in [1.82, 2.24) is 24.9 Å². The summed E-state index contributed by atoms with van der Waals surface area (Å²) in [4.78, 5) is 35.6. The third kappa shape index (κ3) is 6.37. The minimum Gasteiger partial charge on any atom is -0.444 e. The first kappa shape index (κ1) is 23.9. The highest BCUT2D eigenvalue weighted by molar-refractivity contribution is 5.98. The number of piperidine rings is 1. The van der Waals surface area contributed by atoms with Crippen LogP contribution in [0.25, 0.3) is 0 Å². The second-order valence-corrected chi connectivity index (χ2v) is 9.47. The van der Waals surface area contributed by atoms with E-state index in [9.17, 15) is 9.59 Å². The van der Waals surface area contributed by atoms with E-state index in [1.54, 1.807) is 20.7 Å². The lowest BCUT2D eigenvalue weighted by atomic mass is 9.98. The van der Waals surface area contributed by atoms with Gasteiger partial charge in [0.2, 0.25) is 5.91 Å². The largest absolute Gasteiger partial charge is 0.444 e. The first-order valence-electron chi connectivity index (χ1n) is 11.5. The average Bonchev–Trinajstić information content (AvgIpc) is 3.16. The van der Waals surface area contributed by atoms with Crippen molar-refractivity contribution in [2.75, 3.05) is 50.7 Å². The van der Waals surface area contributed by atoms with E-state index in [1.165, 1.54) is 0 Å². The number of anilines is 1. The third-order valence-corrected chi connectivity index (χ3v) is 5.53. The predicted octanol–water partition coefficient (Wildman–Crippen LogP) is 1.68. The molecule has 2 aliphatic rings. The quantitative estimate of drug-likeness (QED) is 0.557. The molecular weight excluding hydrogens is 410 g/mol. The number of rotatable bonds is 4. The fourth-order valence-corrected chi connectivity index (χ4v) is 4.02. The summed E-state index contributed by atoms with van der Waals surface area (Å²) in [5.41, 5.74) is 0.328. The normalized spacial score (nSPS) is 20.5. The van der Waals surface area contributed by atoms with Gasteiger partial charge >= 0.3 is 6.09 Å². The molecule has 0 aliphatic carbocycles. The summed E-state index contributed by atoms with van der Waals surface area (Å²) in [5, 5.41) is 7.48. The molecule has 0 aromatic carbocycles. The molecule has 178 valence electrons. The van der Waals surface area contributed by atoms with Crippen molar-refractivity contribution < 1.29 is 14.3 Å². The van der Waals surface area contributed by atoms with Gasteiger partial charge in [-0.15, -0.1) is 0 Å². The van der Waals surface area contributed by atoms with E-state index in [4.69, 9.17) is 9.73 Å². The second-order valence-electron chi connectivity index (χ2n) is 9.47. The van der Waals surface area contributed by atoms with Gasteiger partial charge in [-0.05, 0) is 46.5 Å². The summed E-state index contributed by atoms with van der Waals surface area (Å²) >= 11 is 0. The van der Waals surface area contributed by atoms with Gasteiger partial charge in [0, 0.05) is 52.5 Å². The summed E-state index contributed by atoms with van der Waals surface area (Å²) < 4.78 is 7.23. The Balaban J connectivity index is 1.59. The van der Waals surface area contributed by atoms with E-state index in [0.717, 1.165) is 37.6 Å². The van der Waals surface area contributed by atoms with Crippen LogP contribution in [0.1, 0.15) is 40.5 Å². The minimum atomic E-state index is -0.495. The summed E-state index contributed by atoms with van der Waals surface area (Å²) in [5.74, 6) is 1.06. The standard InChI is InChI=1S/C22H37N7O3/c1-6-23-20(27-10-11-29(19(30)16-27)18-13-25-26(5)15-18)24-12-17-8-7-9-28(14-17)21(31)32-22(2,3)4/h13,15,17H,6-12,14,16H2,1-5H3,(H,23,24). The Bertz CT molecular complexity index is 830. The number of ether oxygens (including phenoxy) is 1. The molecule has 0 saturated carbocycles. The van der Waals surface area contributed by atoms with Crippen LogP contribution >= 0.6 is 0 Å². The number of amides is 2. The van der Waals surface area contributed by atoms with E-state index in [0.29, 0.717) is 26.2 Å². The SMILES string of the molecule is CCNC(=NCC1CCCN(C(=O)OC(C)(C)C)C1)N1CCN(c2cnn(C)c2)C(=O)C1. The van der Waals surface area contributed by atoms with Crippen LogP contribution in [0, 0.1) is 5.92 Å². The minimum absolute atomic E-state index is 0.0311. The van der Waals surface area contributed by atoms with Crippen LogP contribution in [0.2, 0.25) is 0 Å². The molecule has 0 spiro atoms. The van der Waals surface area contributed by atoms with E-state index in [1.807, 2.05) is 45.8 Å². The molecule has 1 unspecified atom stereocenters. The molecule has 2 fully saturated rings. The maximum atomic E-state index is 12.8. The van der Waals surface area contributed by atoms with Gasteiger partial charge < -0.3 is 24.8 Å². The van der Waals surface area contributed by atoms with Gasteiger partial charge in [-0.1, -0.05) is 0 Å². The number of aliphatic imine (C=N–C) groups is 1. The number of hydrogen-bond donors (Lipinski definition) is 1. The highest BCUT2D eigenvalue weighted by atomic mass is 16.6. The monoisotopic (exact) mass is 447 g/mol. The molecule has 1 atom stereocenters. The van der Waals surface area contributed by atoms with Crippen molar-refractivity contribution >= 4 is 23.6 Å². The number of aromatic nitrogens is 2. The molecule has 3 heterocycles. The fourth-order valence-electron chi connectivity index (χ4n) is 4.02. The Morgan fingerprint density at radius 2 is 2.06 bits per heavy atom. The van der Waals surface area contributed by atoms with E-state index >= 15 is 0 Å². The van der Waals surface area contributed by atoms with Crippen molar-refractivity contribution in [2.45, 2.75) is 46.1 Å². The van der Waals surface area contributed by atoms with Crippen LogP contribution in [0.5, 0.6) is 0 Å². The molecule has 0 bridgehead atoms. The average molecular weight is 448 g/mol. The summed E-state index contributed by atoms with van der Waals surface area (Å²) in [6.07, 6.45) is 5.28. The molecule has 0 radical (unpaired) electrons. The van der Waals surface area contributed by atoms with Crippen LogP contribution in [0.15, 0.2) is 17.4 Å². The zero-order chi connectivity index (χ0) is 23.3. The topological polar surface area (TPSA) is 95.3 Å². The van der Waals surface area contributed by atoms with Gasteiger partial charge in [0.15, 0.2) is 5.96 Å². The molecule has 2 amide bonds. The lowest BCUT2D eigenvalue weighted by Gasteiger charge is -2.36. The first-order valence-corrected chi connectivity index (χ1v) is 11.5. The summed E-state index contributed by atoms with van der Waals surface area (Å²) in [7, 11) is 1.84. The van der Waals surface area contributed by atoms with Gasteiger partial charge in [0.1, 0.15) is 12.1 Å². The maximum absolute atomic E-state index is 12.8. The molecule has 1 aromatic heterocycles. The molecule has 2 saturated heterocycles. The van der Waals surface area contributed by atoms with Crippen molar-refractivity contribution in [3.63, 3.8) is 0 Å². The molecule has 2 aliphatic heterocycles. The summed E-state index contributed by atoms with van der Waals surface area (Å²) in [6.45, 7) is 11.9. The fraction of sp³-hybridized carbons (Fsp3) is 0.727. The highest BCUT2D eigenvalue weighted by Crippen LogP contribution is 2.20. The summed E-state index contributed by atoms with van der Waals surface area (Å²) in [6, 6.07) is 0. The van der Waals surface area contributed by atoms with Crippen molar-refractivity contribution in [3.05, 3.63) is 12.4 Å². The third-order valence-electron chi connectivity index (χ3n) is 5.53. The van der Waals surface area contributed by atoms with Crippen molar-refractivity contribution in [2.24, 2.45) is 18.0 Å². The van der Waals surface area contributed by atoms with E-state index in [-0.39, 0.29) is 24.5 Å². The molecule has 10 heteroatoms. The van der Waals surface area contributed by atoms with Crippen LogP contribution in [-0.4, -0.2) is 89.0 Å². The number of guanidine groups is 1. The number of nitrogens with one attached hydrogen (secondary N) is 1. The Labute approximate surface area is 190 Å². The van der Waals surface area contributed by atoms with Gasteiger partial charge in [-0.25, -0.2) is 4.79 Å². The zero-order valence-electron chi connectivity index (χ0n) is 20.0. The number of aryl methyl sites for hydroxylation is 1. The van der Waals surface area contributed by atoms with Crippen LogP contribution in [-0.2, 0) is 16.6 Å². The number of likely N-dealkylation sites (tertiary alicyclic amines) is 1. The van der Waals surface area contributed by atoms with Crippen LogP contribution in [0.4, 0.5) is 10.5 Å². The van der Waals surface area contributed by atoms with Gasteiger partial charge in [-0.2, -0.15) is 5.10 Å². The van der Waals surface area contributed by atoms with E-state index < -0.39 is 5.60 Å². The Morgan fingerprint density at radius 1 is 1.28 bits per heavy atom. The lowest BCUT2D eigenvalue weighted by Crippen LogP contribution is -2.55. The number of nitrogens with zero attached hydrogens (tertiary/aromatic N) is 6. The molecule has 10 nitrogen and oxygen atoms in total. The Kier molecular flexibility index (Phi) is 7.63. The van der Waals surface area contributed by atoms with Crippen LogP contribution in [0.3, 0.4) is 0 Å². The van der Waals surface area contributed by atoms with Crippen LogP contribution < -0.4 is 10.2 Å². The maximum Gasteiger partial charge on any atom is 0.410 e. The van der Waals surface area contributed by atoms with Crippen molar-refractivity contribution in [1.29, 1.82) is 0 Å².